The Morgan fingerprint density at radius 2 is 0.986 bits per heavy atom. The van der Waals surface area contributed by atoms with Gasteiger partial charge in [-0.25, -0.2) is 4.79 Å². The number of carbonyl (C=O) groups is 12. The number of rotatable bonds is 29. The zero-order valence-corrected chi connectivity index (χ0v) is 40.1. The Bertz CT molecular complexity index is 1920. The molecule has 0 saturated carbocycles. The van der Waals surface area contributed by atoms with Crippen molar-refractivity contribution in [1.29, 1.82) is 0 Å². The minimum atomic E-state index is -2.03. The average molecular weight is 1000 g/mol. The lowest BCUT2D eigenvalue weighted by atomic mass is 9.96. The zero-order chi connectivity index (χ0) is 53.9. The number of likely N-dealkylation sites (tertiary alicyclic amines) is 1. The van der Waals surface area contributed by atoms with Crippen LogP contribution in [0.3, 0.4) is 0 Å². The van der Waals surface area contributed by atoms with Gasteiger partial charge in [0.2, 0.25) is 65.0 Å². The van der Waals surface area contributed by atoms with Crippen LogP contribution in [0.25, 0.3) is 0 Å². The number of hydrogen-bond acceptors (Lipinski definition) is 17. The second-order valence-corrected chi connectivity index (χ2v) is 17.3. The number of aliphatic hydroxyl groups excluding tert-OH is 4. The summed E-state index contributed by atoms with van der Waals surface area (Å²) in [7, 11) is 0. The Morgan fingerprint density at radius 1 is 0.571 bits per heavy atom. The lowest BCUT2D eigenvalue weighted by Gasteiger charge is -2.32. The maximum Gasteiger partial charge on any atom is 0.328 e. The molecule has 0 bridgehead atoms. The fourth-order valence-corrected chi connectivity index (χ4v) is 6.94. The summed E-state index contributed by atoms with van der Waals surface area (Å²) in [5.74, 6) is -14.6. The van der Waals surface area contributed by atoms with Crippen molar-refractivity contribution in [2.75, 3.05) is 19.7 Å². The number of carboxylic acid groups (broad SMARTS) is 1. The Morgan fingerprint density at radius 3 is 1.39 bits per heavy atom. The summed E-state index contributed by atoms with van der Waals surface area (Å²) >= 11 is 0. The van der Waals surface area contributed by atoms with E-state index in [1.165, 1.54) is 4.90 Å². The third kappa shape index (κ3) is 18.7. The number of hydrogen-bond donors (Lipinski definition) is 16. The molecule has 29 nitrogen and oxygen atoms in total. The van der Waals surface area contributed by atoms with Crippen LogP contribution in [0.15, 0.2) is 0 Å². The van der Waals surface area contributed by atoms with Crippen LogP contribution in [0, 0.1) is 11.8 Å². The molecule has 0 aliphatic carbocycles. The summed E-state index contributed by atoms with van der Waals surface area (Å²) < 4.78 is 0. The number of nitrogens with zero attached hydrogens (tertiary/aromatic N) is 1. The largest absolute Gasteiger partial charge is 0.480 e. The molecule has 0 aromatic carbocycles. The third-order valence-electron chi connectivity index (χ3n) is 11.1. The number of aliphatic carboxylic acids is 1. The van der Waals surface area contributed by atoms with Crippen molar-refractivity contribution in [2.45, 2.75) is 153 Å². The highest BCUT2D eigenvalue weighted by molar-refractivity contribution is 6.00. The van der Waals surface area contributed by atoms with Crippen LogP contribution >= 0.6 is 0 Å². The molecule has 0 unspecified atom stereocenters. The Kier molecular flexibility index (Phi) is 25.3. The van der Waals surface area contributed by atoms with Gasteiger partial charge in [0, 0.05) is 6.54 Å². The molecule has 19 N–H and O–H groups in total. The van der Waals surface area contributed by atoms with Gasteiger partial charge in [0.15, 0.2) is 6.04 Å². The summed E-state index contributed by atoms with van der Waals surface area (Å²) in [5, 5.41) is 67.3. The molecular weight excluding hydrogens is 933 g/mol. The van der Waals surface area contributed by atoms with E-state index in [9.17, 15) is 83.1 Å². The van der Waals surface area contributed by atoms with Crippen LogP contribution in [-0.2, 0) is 57.5 Å². The van der Waals surface area contributed by atoms with E-state index < -0.39 is 169 Å². The van der Waals surface area contributed by atoms with Crippen LogP contribution in [0.2, 0.25) is 0 Å². The SMILES string of the molecule is CC[C@H](C)[C@H](NC(=O)[C@@H]1CCCN1C(=O)[C@@H](NC(=O)CN)C(C)C)C(=O)N[C@@H](CC(N)=O)C(=O)N[C@H](C(=O)N[C@@H](CC(N)=O)C(=O)N[C@@H](CO)C(=O)N[C@H](C(=O)N[C@H](C(=O)O)[C@@H](C)O)[C@@H](C)O)[C@@H](C)O. The maximum atomic E-state index is 13.9. The van der Waals surface area contributed by atoms with E-state index in [-0.39, 0.29) is 31.8 Å². The quantitative estimate of drug-likeness (QED) is 0.0331. The second-order valence-electron chi connectivity index (χ2n) is 17.3. The fourth-order valence-electron chi connectivity index (χ4n) is 6.94. The number of nitrogens with one attached hydrogen (secondary N) is 8. The molecule has 1 aliphatic heterocycles. The van der Waals surface area contributed by atoms with E-state index in [4.69, 9.17) is 17.2 Å². The molecule has 0 aromatic rings. The number of carboxylic acids is 1. The number of amides is 11. The molecule has 70 heavy (non-hydrogen) atoms. The van der Waals surface area contributed by atoms with Gasteiger partial charge in [0.25, 0.3) is 0 Å². The standard InChI is InChI=1S/C41H70N12O17/c1-8-17(4)29(49-36(64)24-10-9-11-53(24)40(68)28(16(2)3)48-27(60)14-42)37(65)45-22(13-26(44)59)34(62)50-30(18(5)55)38(66)46-21(12-25(43)58)33(61)47-23(15-54)35(63)51-31(19(6)56)39(67)52-32(20(7)57)41(69)70/h16-24,28-32,54-57H,8-15,42H2,1-7H3,(H2,43,58)(H2,44,59)(H,45,65)(H,46,66)(H,47,61)(H,48,60)(H,49,64)(H,50,62)(H,51,63)(H,52,67)(H,69,70)/t17-,18+,19+,20+,21-,22-,23-,24-,28-,29-,30-,31-,32-/m0/s1. The first-order valence-corrected chi connectivity index (χ1v) is 22.4. The molecule has 29 heteroatoms. The summed E-state index contributed by atoms with van der Waals surface area (Å²) in [6.45, 7) is 8.31. The molecule has 396 valence electrons. The molecule has 0 aromatic heterocycles. The van der Waals surface area contributed by atoms with Gasteiger partial charge >= 0.3 is 5.97 Å². The summed E-state index contributed by atoms with van der Waals surface area (Å²) in [6.07, 6.45) is -6.15. The topological polar surface area (TPSA) is 484 Å². The van der Waals surface area contributed by atoms with Gasteiger partial charge in [0.05, 0.1) is 44.3 Å². The van der Waals surface area contributed by atoms with Crippen molar-refractivity contribution in [3.05, 3.63) is 0 Å². The Balaban J connectivity index is 3.33. The number of primary amides is 2. The molecule has 1 saturated heterocycles. The van der Waals surface area contributed by atoms with Crippen LogP contribution in [-0.4, -0.2) is 194 Å². The first-order chi connectivity index (χ1) is 32.5. The zero-order valence-electron chi connectivity index (χ0n) is 40.1. The molecule has 1 heterocycles. The first-order valence-electron chi connectivity index (χ1n) is 22.4. The molecule has 13 atom stereocenters. The van der Waals surface area contributed by atoms with Gasteiger partial charge < -0.3 is 90.2 Å². The monoisotopic (exact) mass is 1000 g/mol. The predicted molar refractivity (Wildman–Crippen MR) is 241 cm³/mol. The highest BCUT2D eigenvalue weighted by Crippen LogP contribution is 2.22. The smallest absolute Gasteiger partial charge is 0.328 e. The van der Waals surface area contributed by atoms with Crippen LogP contribution in [0.5, 0.6) is 0 Å². The van der Waals surface area contributed by atoms with Crippen molar-refractivity contribution in [3.8, 4) is 0 Å². The van der Waals surface area contributed by atoms with Crippen molar-refractivity contribution in [1.82, 2.24) is 47.4 Å². The number of carbonyl (C=O) groups excluding carboxylic acids is 11. The van der Waals surface area contributed by atoms with E-state index in [1.807, 2.05) is 16.0 Å². The first kappa shape index (κ1) is 61.5. The van der Waals surface area contributed by atoms with E-state index in [0.29, 0.717) is 6.42 Å². The third-order valence-corrected chi connectivity index (χ3v) is 11.1. The molecule has 0 radical (unpaired) electrons. The molecular formula is C41H70N12O17. The molecule has 1 rings (SSSR count). The highest BCUT2D eigenvalue weighted by Gasteiger charge is 2.42. The van der Waals surface area contributed by atoms with Crippen molar-refractivity contribution < 1.29 is 83.1 Å². The van der Waals surface area contributed by atoms with Gasteiger partial charge in [-0.15, -0.1) is 0 Å². The van der Waals surface area contributed by atoms with Crippen molar-refractivity contribution in [3.63, 3.8) is 0 Å². The van der Waals surface area contributed by atoms with Crippen molar-refractivity contribution >= 4 is 70.9 Å². The highest BCUT2D eigenvalue weighted by atomic mass is 16.4. The molecule has 0 spiro atoms. The molecule has 1 aliphatic rings. The minimum Gasteiger partial charge on any atom is -0.480 e. The summed E-state index contributed by atoms with van der Waals surface area (Å²) in [6, 6.07) is -15.1. The second kappa shape index (κ2) is 28.8. The number of nitrogens with two attached hydrogens (primary N) is 3. The van der Waals surface area contributed by atoms with Gasteiger partial charge in [-0.2, -0.15) is 0 Å². The number of aliphatic hydroxyl groups is 4. The van der Waals surface area contributed by atoms with Gasteiger partial charge in [-0.1, -0.05) is 34.1 Å². The van der Waals surface area contributed by atoms with E-state index in [1.54, 1.807) is 27.7 Å². The fraction of sp³-hybridized carbons (Fsp3) is 0.707. The molecule has 1 fully saturated rings. The van der Waals surface area contributed by atoms with E-state index in [0.717, 1.165) is 20.8 Å². The van der Waals surface area contributed by atoms with Gasteiger partial charge in [0.1, 0.15) is 48.3 Å². The van der Waals surface area contributed by atoms with E-state index >= 15 is 0 Å². The average Bonchev–Trinajstić information content (AvgIpc) is 3.77. The normalized spacial score (nSPS) is 18.5. The Hall–Kier alpha value is -6.56. The predicted octanol–water partition coefficient (Wildman–Crippen LogP) is -8.51. The van der Waals surface area contributed by atoms with Crippen molar-refractivity contribution in [2.24, 2.45) is 29.0 Å². The minimum absolute atomic E-state index is 0.157. The van der Waals surface area contributed by atoms with Crippen LogP contribution in [0.1, 0.15) is 80.6 Å². The lowest BCUT2D eigenvalue weighted by molar-refractivity contribution is -0.146. The summed E-state index contributed by atoms with van der Waals surface area (Å²) in [4.78, 5) is 157. The molecule has 11 amide bonds. The lowest BCUT2D eigenvalue weighted by Crippen LogP contribution is -2.63. The van der Waals surface area contributed by atoms with Crippen LogP contribution in [0.4, 0.5) is 0 Å². The van der Waals surface area contributed by atoms with Crippen LogP contribution < -0.4 is 59.7 Å². The maximum absolute atomic E-state index is 13.9. The van der Waals surface area contributed by atoms with E-state index in [2.05, 4.69) is 26.6 Å². The van der Waals surface area contributed by atoms with Gasteiger partial charge in [-0.3, -0.25) is 52.7 Å². The summed E-state index contributed by atoms with van der Waals surface area (Å²) in [5.41, 5.74) is 16.1. The van der Waals surface area contributed by atoms with Gasteiger partial charge in [-0.05, 0) is 45.4 Å². The Labute approximate surface area is 402 Å².